The Morgan fingerprint density at radius 2 is 2.11 bits per heavy atom. The third kappa shape index (κ3) is 4.15. The molecule has 0 aromatic carbocycles. The molecule has 1 aliphatic rings. The van der Waals surface area contributed by atoms with E-state index in [0.717, 1.165) is 13.0 Å². The van der Waals surface area contributed by atoms with Gasteiger partial charge in [0.25, 0.3) is 0 Å². The molecular formula is C19H20N6O3. The Hall–Kier alpha value is -3.33. The highest BCUT2D eigenvalue weighted by Crippen LogP contribution is 2.20. The van der Waals surface area contributed by atoms with E-state index in [1.165, 1.54) is 18.3 Å². The Kier molecular flexibility index (Phi) is 5.24. The largest absolute Gasteiger partial charge is 0.478 e. The molecule has 0 amide bonds. The Bertz CT molecular complexity index is 946. The zero-order chi connectivity index (χ0) is 19.3. The number of anilines is 1. The van der Waals surface area contributed by atoms with E-state index in [4.69, 9.17) is 4.74 Å². The van der Waals surface area contributed by atoms with Gasteiger partial charge in [-0.05, 0) is 30.7 Å². The molecule has 1 fully saturated rings. The van der Waals surface area contributed by atoms with Crippen molar-refractivity contribution in [2.75, 3.05) is 24.6 Å². The normalized spacial score (nSPS) is 17.3. The van der Waals surface area contributed by atoms with Gasteiger partial charge in [-0.15, -0.1) is 0 Å². The number of nitrogens with zero attached hydrogens (tertiary/aromatic N) is 6. The molecule has 9 nitrogen and oxygen atoms in total. The van der Waals surface area contributed by atoms with Crippen LogP contribution in [0.5, 0.6) is 0 Å². The van der Waals surface area contributed by atoms with Crippen molar-refractivity contribution in [3.63, 3.8) is 0 Å². The lowest BCUT2D eigenvalue weighted by atomic mass is 10.2. The molecule has 1 atom stereocenters. The van der Waals surface area contributed by atoms with E-state index in [9.17, 15) is 9.90 Å². The fraction of sp³-hybridized carbons (Fsp3) is 0.316. The van der Waals surface area contributed by atoms with E-state index in [1.807, 2.05) is 16.9 Å². The number of carboxylic acid groups (broad SMARTS) is 1. The second-order valence-corrected chi connectivity index (χ2v) is 6.50. The zero-order valence-corrected chi connectivity index (χ0v) is 15.2. The Labute approximate surface area is 161 Å². The highest BCUT2D eigenvalue weighted by molar-refractivity contribution is 5.88. The molecule has 9 heteroatoms. The predicted molar refractivity (Wildman–Crippen MR) is 101 cm³/mol. The average molecular weight is 380 g/mol. The lowest BCUT2D eigenvalue weighted by molar-refractivity contribution is 0.0543. The smallest absolute Gasteiger partial charge is 0.335 e. The maximum atomic E-state index is 11.2. The molecule has 0 saturated carbocycles. The first kappa shape index (κ1) is 18.1. The molecule has 1 saturated heterocycles. The minimum atomic E-state index is -0.996. The third-order valence-corrected chi connectivity index (χ3v) is 4.49. The summed E-state index contributed by atoms with van der Waals surface area (Å²) in [5.41, 5.74) is 1.26. The Morgan fingerprint density at radius 1 is 1.21 bits per heavy atom. The third-order valence-electron chi connectivity index (χ3n) is 4.49. The molecule has 3 aromatic heterocycles. The first-order valence-corrected chi connectivity index (χ1v) is 9.06. The van der Waals surface area contributed by atoms with E-state index < -0.39 is 5.97 Å². The Morgan fingerprint density at radius 3 is 2.93 bits per heavy atom. The topological polar surface area (TPSA) is 106 Å². The summed E-state index contributed by atoms with van der Waals surface area (Å²) in [4.78, 5) is 26.6. The molecule has 3 aromatic rings. The molecule has 0 radical (unpaired) electrons. The van der Waals surface area contributed by atoms with E-state index in [1.54, 1.807) is 18.5 Å². The molecule has 1 N–H and O–H groups in total. The molecule has 144 valence electrons. The van der Waals surface area contributed by atoms with Gasteiger partial charge in [0, 0.05) is 44.5 Å². The summed E-state index contributed by atoms with van der Waals surface area (Å²) in [5, 5.41) is 13.4. The number of pyridine rings is 1. The molecule has 0 unspecified atom stereocenters. The zero-order valence-electron chi connectivity index (χ0n) is 15.2. The van der Waals surface area contributed by atoms with Crippen LogP contribution in [0.15, 0.2) is 49.1 Å². The average Bonchev–Trinajstić information content (AvgIpc) is 3.12. The van der Waals surface area contributed by atoms with Gasteiger partial charge in [0.05, 0.1) is 29.6 Å². The van der Waals surface area contributed by atoms with Crippen molar-refractivity contribution in [2.45, 2.75) is 19.1 Å². The van der Waals surface area contributed by atoms with Crippen molar-refractivity contribution in [2.24, 2.45) is 0 Å². The summed E-state index contributed by atoms with van der Waals surface area (Å²) in [6.07, 6.45) is 7.65. The van der Waals surface area contributed by atoms with Gasteiger partial charge in [-0.1, -0.05) is 0 Å². The van der Waals surface area contributed by atoms with Crippen LogP contribution in [-0.4, -0.2) is 61.6 Å². The van der Waals surface area contributed by atoms with Crippen molar-refractivity contribution in [3.8, 4) is 11.4 Å². The quantitative estimate of drug-likeness (QED) is 0.713. The highest BCUT2D eigenvalue weighted by atomic mass is 16.5. The SMILES string of the molecule is O=C(O)c1ccnc(-c2ccnc(N3CCCO[C@@H](Cn4cccn4)C3)n2)c1. The van der Waals surface area contributed by atoms with Crippen LogP contribution in [0.1, 0.15) is 16.8 Å². The van der Waals surface area contributed by atoms with Crippen LogP contribution in [0, 0.1) is 0 Å². The van der Waals surface area contributed by atoms with Crippen LogP contribution in [0.25, 0.3) is 11.4 Å². The van der Waals surface area contributed by atoms with Crippen LogP contribution >= 0.6 is 0 Å². The van der Waals surface area contributed by atoms with Gasteiger partial charge in [0.15, 0.2) is 0 Å². The van der Waals surface area contributed by atoms with Gasteiger partial charge in [0.1, 0.15) is 0 Å². The maximum absolute atomic E-state index is 11.2. The van der Waals surface area contributed by atoms with Gasteiger partial charge in [-0.25, -0.2) is 14.8 Å². The fourth-order valence-corrected chi connectivity index (χ4v) is 3.15. The summed E-state index contributed by atoms with van der Waals surface area (Å²) in [6, 6.07) is 6.59. The second-order valence-electron chi connectivity index (χ2n) is 6.50. The second kappa shape index (κ2) is 8.13. The predicted octanol–water partition coefficient (Wildman–Crippen LogP) is 1.73. The lowest BCUT2D eigenvalue weighted by Crippen LogP contribution is -2.35. The van der Waals surface area contributed by atoms with E-state index in [0.29, 0.717) is 37.0 Å². The number of rotatable bonds is 5. The van der Waals surface area contributed by atoms with Gasteiger partial charge in [-0.3, -0.25) is 9.67 Å². The summed E-state index contributed by atoms with van der Waals surface area (Å²) < 4.78 is 7.80. The number of carboxylic acids is 1. The molecule has 0 spiro atoms. The maximum Gasteiger partial charge on any atom is 0.335 e. The van der Waals surface area contributed by atoms with Crippen molar-refractivity contribution < 1.29 is 14.6 Å². The number of hydrogen-bond acceptors (Lipinski definition) is 7. The molecule has 0 aliphatic carbocycles. The first-order chi connectivity index (χ1) is 13.7. The van der Waals surface area contributed by atoms with E-state index >= 15 is 0 Å². The molecule has 4 rings (SSSR count). The van der Waals surface area contributed by atoms with Crippen molar-refractivity contribution in [1.29, 1.82) is 0 Å². The molecular weight excluding hydrogens is 360 g/mol. The van der Waals surface area contributed by atoms with E-state index in [-0.39, 0.29) is 11.7 Å². The molecule has 1 aliphatic heterocycles. The summed E-state index contributed by atoms with van der Waals surface area (Å²) in [7, 11) is 0. The van der Waals surface area contributed by atoms with Gasteiger partial charge in [0.2, 0.25) is 5.95 Å². The highest BCUT2D eigenvalue weighted by Gasteiger charge is 2.22. The van der Waals surface area contributed by atoms with Crippen LogP contribution < -0.4 is 4.90 Å². The van der Waals surface area contributed by atoms with Crippen LogP contribution in [0.2, 0.25) is 0 Å². The number of carbonyl (C=O) groups is 1. The number of aromatic nitrogens is 5. The van der Waals surface area contributed by atoms with Crippen molar-refractivity contribution in [3.05, 3.63) is 54.6 Å². The number of ether oxygens (including phenoxy) is 1. The van der Waals surface area contributed by atoms with Crippen LogP contribution in [-0.2, 0) is 11.3 Å². The fourth-order valence-electron chi connectivity index (χ4n) is 3.15. The van der Waals surface area contributed by atoms with Crippen molar-refractivity contribution in [1.82, 2.24) is 24.7 Å². The lowest BCUT2D eigenvalue weighted by Gasteiger charge is -2.24. The summed E-state index contributed by atoms with van der Waals surface area (Å²) in [6.45, 7) is 2.75. The minimum Gasteiger partial charge on any atom is -0.478 e. The first-order valence-electron chi connectivity index (χ1n) is 9.06. The Balaban J connectivity index is 1.56. The summed E-state index contributed by atoms with van der Waals surface area (Å²) in [5.74, 6) is -0.417. The molecule has 28 heavy (non-hydrogen) atoms. The van der Waals surface area contributed by atoms with Crippen molar-refractivity contribution >= 4 is 11.9 Å². The standard InChI is InChI=1S/C19H20N6O3/c26-18(27)14-3-6-20-17(11-14)16-4-7-21-19(23-16)24-8-2-10-28-15(12-24)13-25-9-1-5-22-25/h1,3-7,9,11,15H,2,8,10,12-13H2,(H,26,27)/t15-/m1/s1. The molecule has 4 heterocycles. The summed E-state index contributed by atoms with van der Waals surface area (Å²) >= 11 is 0. The van der Waals surface area contributed by atoms with Gasteiger partial charge >= 0.3 is 5.97 Å². The van der Waals surface area contributed by atoms with Gasteiger partial charge < -0.3 is 14.7 Å². The molecule has 0 bridgehead atoms. The van der Waals surface area contributed by atoms with E-state index in [2.05, 4.69) is 25.0 Å². The number of aromatic carboxylic acids is 1. The van der Waals surface area contributed by atoms with Gasteiger partial charge in [-0.2, -0.15) is 5.10 Å². The minimum absolute atomic E-state index is 0.0249. The number of hydrogen-bond donors (Lipinski definition) is 1. The van der Waals surface area contributed by atoms with Crippen LogP contribution in [0.4, 0.5) is 5.95 Å². The monoisotopic (exact) mass is 380 g/mol. The van der Waals surface area contributed by atoms with Crippen LogP contribution in [0.3, 0.4) is 0 Å².